The minimum Gasteiger partial charge on any atom is -0.355 e. The highest BCUT2D eigenvalue weighted by Crippen LogP contribution is 2.24. The summed E-state index contributed by atoms with van der Waals surface area (Å²) in [6, 6.07) is 11.0. The Morgan fingerprint density at radius 3 is 2.31 bits per heavy atom. The molecule has 0 unspecified atom stereocenters. The Kier molecular flexibility index (Phi) is 7.48. The third-order valence-corrected chi connectivity index (χ3v) is 6.60. The number of amides is 1. The molecule has 1 N–H and O–H groups in total. The summed E-state index contributed by atoms with van der Waals surface area (Å²) in [6.45, 7) is 4.09. The minimum absolute atomic E-state index is 0.00233. The molecular formula is C21H26F2N2O3S. The van der Waals surface area contributed by atoms with Crippen LogP contribution in [0, 0.1) is 11.6 Å². The van der Waals surface area contributed by atoms with Crippen LogP contribution in [0.25, 0.3) is 0 Å². The van der Waals surface area contributed by atoms with Crippen molar-refractivity contribution in [3.8, 4) is 0 Å². The van der Waals surface area contributed by atoms with Gasteiger partial charge in [0.15, 0.2) is 0 Å². The van der Waals surface area contributed by atoms with Gasteiger partial charge < -0.3 is 5.32 Å². The van der Waals surface area contributed by atoms with Gasteiger partial charge in [-0.05, 0) is 42.3 Å². The maximum Gasteiger partial charge on any atom is 0.242 e. The quantitative estimate of drug-likeness (QED) is 0.670. The molecule has 0 spiro atoms. The predicted octanol–water partition coefficient (Wildman–Crippen LogP) is 3.46. The van der Waals surface area contributed by atoms with E-state index < -0.39 is 21.3 Å². The molecule has 0 aliphatic rings. The average Bonchev–Trinajstić information content (AvgIpc) is 2.67. The van der Waals surface area contributed by atoms with Crippen LogP contribution < -0.4 is 5.32 Å². The number of carbonyl (C=O) groups excluding carboxylic acids is 1. The van der Waals surface area contributed by atoms with E-state index >= 15 is 0 Å². The van der Waals surface area contributed by atoms with Gasteiger partial charge in [0.2, 0.25) is 15.9 Å². The maximum absolute atomic E-state index is 14.0. The van der Waals surface area contributed by atoms with Gasteiger partial charge in [-0.15, -0.1) is 0 Å². The van der Waals surface area contributed by atoms with Crippen molar-refractivity contribution < 1.29 is 22.0 Å². The molecular weight excluding hydrogens is 398 g/mol. The number of nitrogens with one attached hydrogen (secondary N) is 1. The van der Waals surface area contributed by atoms with Crippen LogP contribution in [0.1, 0.15) is 32.3 Å². The summed E-state index contributed by atoms with van der Waals surface area (Å²) in [7, 11) is -2.32. The van der Waals surface area contributed by atoms with E-state index in [-0.39, 0.29) is 36.1 Å². The maximum atomic E-state index is 14.0. The highest BCUT2D eigenvalue weighted by atomic mass is 32.2. The molecule has 1 amide bonds. The summed E-state index contributed by atoms with van der Waals surface area (Å²) in [5.41, 5.74) is -0.0607. The molecule has 0 aliphatic carbocycles. The second kappa shape index (κ2) is 9.45. The molecule has 0 radical (unpaired) electrons. The lowest BCUT2D eigenvalue weighted by Gasteiger charge is -2.26. The number of sulfonamides is 1. The number of halogens is 2. The first-order chi connectivity index (χ1) is 13.5. The monoisotopic (exact) mass is 424 g/mol. The molecule has 2 aromatic carbocycles. The molecule has 5 nitrogen and oxygen atoms in total. The number of hydrogen-bond acceptors (Lipinski definition) is 3. The van der Waals surface area contributed by atoms with Gasteiger partial charge in [-0.1, -0.05) is 32.0 Å². The molecule has 29 heavy (non-hydrogen) atoms. The molecule has 0 fully saturated rings. The van der Waals surface area contributed by atoms with Gasteiger partial charge in [0.05, 0.1) is 4.90 Å². The van der Waals surface area contributed by atoms with Gasteiger partial charge >= 0.3 is 0 Å². The van der Waals surface area contributed by atoms with Crippen LogP contribution in [0.3, 0.4) is 0 Å². The van der Waals surface area contributed by atoms with E-state index in [1.165, 1.54) is 25.2 Å². The number of carbonyl (C=O) groups is 1. The van der Waals surface area contributed by atoms with Crippen molar-refractivity contribution in [1.29, 1.82) is 0 Å². The smallest absolute Gasteiger partial charge is 0.242 e. The van der Waals surface area contributed by atoms with Crippen LogP contribution in [0.4, 0.5) is 8.78 Å². The van der Waals surface area contributed by atoms with Crippen molar-refractivity contribution in [2.45, 2.75) is 37.0 Å². The molecule has 0 atom stereocenters. The SMILES string of the molecule is CN(CCCC(=O)NCC(C)(C)c1ccccc1F)S(=O)(=O)c1ccc(F)cc1. The Balaban J connectivity index is 1.83. The lowest BCUT2D eigenvalue weighted by Crippen LogP contribution is -2.37. The van der Waals surface area contributed by atoms with Gasteiger partial charge in [0, 0.05) is 32.0 Å². The van der Waals surface area contributed by atoms with Crippen molar-refractivity contribution >= 4 is 15.9 Å². The van der Waals surface area contributed by atoms with Crippen LogP contribution in [0.2, 0.25) is 0 Å². The third kappa shape index (κ3) is 6.08. The Labute approximate surface area is 170 Å². The van der Waals surface area contributed by atoms with E-state index in [4.69, 9.17) is 0 Å². The average molecular weight is 425 g/mol. The second-order valence-electron chi connectivity index (χ2n) is 7.52. The zero-order valence-corrected chi connectivity index (χ0v) is 17.6. The summed E-state index contributed by atoms with van der Waals surface area (Å²) in [4.78, 5) is 12.1. The molecule has 158 valence electrons. The van der Waals surface area contributed by atoms with Crippen LogP contribution >= 0.6 is 0 Å². The number of hydrogen-bond donors (Lipinski definition) is 1. The largest absolute Gasteiger partial charge is 0.355 e. The molecule has 0 saturated carbocycles. The fourth-order valence-corrected chi connectivity index (χ4v) is 4.09. The van der Waals surface area contributed by atoms with Crippen molar-refractivity contribution in [1.82, 2.24) is 9.62 Å². The highest BCUT2D eigenvalue weighted by Gasteiger charge is 2.25. The van der Waals surface area contributed by atoms with Gasteiger partial charge in [-0.2, -0.15) is 0 Å². The van der Waals surface area contributed by atoms with Crippen molar-refractivity contribution in [2.75, 3.05) is 20.1 Å². The minimum atomic E-state index is -3.74. The van der Waals surface area contributed by atoms with E-state index in [0.29, 0.717) is 12.0 Å². The van der Waals surface area contributed by atoms with Crippen LogP contribution in [0.15, 0.2) is 53.4 Å². The third-order valence-electron chi connectivity index (χ3n) is 4.73. The fraction of sp³-hybridized carbons (Fsp3) is 0.381. The first-order valence-corrected chi connectivity index (χ1v) is 10.7. The molecule has 2 rings (SSSR count). The summed E-state index contributed by atoms with van der Waals surface area (Å²) in [6.07, 6.45) is 0.458. The van der Waals surface area contributed by atoms with E-state index in [2.05, 4.69) is 5.32 Å². The van der Waals surface area contributed by atoms with E-state index in [1.807, 2.05) is 13.8 Å². The molecule has 0 aromatic heterocycles. The van der Waals surface area contributed by atoms with Gasteiger partial charge in [-0.25, -0.2) is 21.5 Å². The first kappa shape index (κ1) is 23.0. The van der Waals surface area contributed by atoms with Crippen molar-refractivity contribution in [3.63, 3.8) is 0 Å². The molecule has 0 bridgehead atoms. The van der Waals surface area contributed by atoms with E-state index in [0.717, 1.165) is 16.4 Å². The Bertz CT molecular complexity index is 945. The number of benzene rings is 2. The van der Waals surface area contributed by atoms with Crippen LogP contribution in [-0.2, 0) is 20.2 Å². The summed E-state index contributed by atoms with van der Waals surface area (Å²) in [5, 5.41) is 2.78. The number of nitrogens with zero attached hydrogens (tertiary/aromatic N) is 1. The lowest BCUT2D eigenvalue weighted by molar-refractivity contribution is -0.121. The lowest BCUT2D eigenvalue weighted by atomic mass is 9.84. The number of rotatable bonds is 9. The van der Waals surface area contributed by atoms with Gasteiger partial charge in [0.1, 0.15) is 11.6 Å². The summed E-state index contributed by atoms with van der Waals surface area (Å²) >= 11 is 0. The first-order valence-electron chi connectivity index (χ1n) is 9.27. The van der Waals surface area contributed by atoms with Crippen LogP contribution in [-0.4, -0.2) is 38.8 Å². The van der Waals surface area contributed by atoms with Gasteiger partial charge in [0.25, 0.3) is 0 Å². The standard InChI is InChI=1S/C21H26F2N2O3S/c1-21(2,18-7-4-5-8-19(18)23)15-24-20(26)9-6-14-25(3)29(27,28)17-12-10-16(22)11-13-17/h4-5,7-8,10-13H,6,9,14-15H2,1-3H3,(H,24,26). The highest BCUT2D eigenvalue weighted by molar-refractivity contribution is 7.89. The Morgan fingerprint density at radius 1 is 1.07 bits per heavy atom. The summed E-state index contributed by atoms with van der Waals surface area (Å²) < 4.78 is 53.0. The van der Waals surface area contributed by atoms with Crippen LogP contribution in [0.5, 0.6) is 0 Å². The zero-order valence-electron chi connectivity index (χ0n) is 16.8. The van der Waals surface area contributed by atoms with E-state index in [1.54, 1.807) is 18.2 Å². The van der Waals surface area contributed by atoms with Crippen molar-refractivity contribution in [2.24, 2.45) is 0 Å². The zero-order chi connectivity index (χ0) is 21.7. The Morgan fingerprint density at radius 2 is 1.69 bits per heavy atom. The summed E-state index contributed by atoms with van der Waals surface area (Å²) in [5.74, 6) is -1.07. The molecule has 0 saturated heterocycles. The molecule has 8 heteroatoms. The topological polar surface area (TPSA) is 66.5 Å². The Hall–Kier alpha value is -2.32. The molecule has 2 aromatic rings. The normalized spacial score (nSPS) is 12.2. The molecule has 0 aliphatic heterocycles. The predicted molar refractivity (Wildman–Crippen MR) is 108 cm³/mol. The van der Waals surface area contributed by atoms with Crippen molar-refractivity contribution in [3.05, 3.63) is 65.7 Å². The van der Waals surface area contributed by atoms with E-state index in [9.17, 15) is 22.0 Å². The fourth-order valence-electron chi connectivity index (χ4n) is 2.88. The molecule has 0 heterocycles. The second-order valence-corrected chi connectivity index (χ2v) is 9.57. The van der Waals surface area contributed by atoms with Gasteiger partial charge in [-0.3, -0.25) is 4.79 Å².